The lowest BCUT2D eigenvalue weighted by Gasteiger charge is -2.33. The van der Waals surface area contributed by atoms with Gasteiger partial charge in [-0.3, -0.25) is 4.90 Å². The standard InChI is InChI=1S/C18H24N2S/c1-18(2,15-3-5-16(19)6-4-15)13-20(17-7-8-17)11-14-9-10-21-12-14/h3-6,9-10,12,17H,7-8,11,13,19H2,1-2H3. The minimum atomic E-state index is 0.145. The molecule has 1 saturated carbocycles. The molecule has 112 valence electrons. The molecule has 0 aliphatic heterocycles. The molecule has 1 aromatic carbocycles. The molecule has 3 heteroatoms. The van der Waals surface area contributed by atoms with Crippen LogP contribution in [0.1, 0.15) is 37.8 Å². The van der Waals surface area contributed by atoms with Gasteiger partial charge in [0.1, 0.15) is 0 Å². The van der Waals surface area contributed by atoms with E-state index in [0.717, 1.165) is 24.8 Å². The minimum absolute atomic E-state index is 0.145. The summed E-state index contributed by atoms with van der Waals surface area (Å²) >= 11 is 1.79. The van der Waals surface area contributed by atoms with Crippen LogP contribution in [0, 0.1) is 0 Å². The van der Waals surface area contributed by atoms with Crippen LogP contribution in [0.5, 0.6) is 0 Å². The number of rotatable bonds is 6. The third-order valence-corrected chi connectivity index (χ3v) is 5.05. The predicted octanol–water partition coefficient (Wildman–Crippen LogP) is 4.27. The zero-order valence-corrected chi connectivity index (χ0v) is 13.7. The summed E-state index contributed by atoms with van der Waals surface area (Å²) in [6.45, 7) is 6.84. The number of nitrogen functional groups attached to an aromatic ring is 1. The van der Waals surface area contributed by atoms with Crippen LogP contribution < -0.4 is 5.73 Å². The average molecular weight is 300 g/mol. The maximum absolute atomic E-state index is 5.81. The molecule has 1 aliphatic carbocycles. The van der Waals surface area contributed by atoms with Crippen LogP contribution in [0.2, 0.25) is 0 Å². The zero-order chi connectivity index (χ0) is 14.9. The third-order valence-electron chi connectivity index (χ3n) is 4.32. The highest BCUT2D eigenvalue weighted by molar-refractivity contribution is 7.07. The highest BCUT2D eigenvalue weighted by Gasteiger charge is 2.33. The number of benzene rings is 1. The zero-order valence-electron chi connectivity index (χ0n) is 12.9. The molecule has 0 atom stereocenters. The fourth-order valence-corrected chi connectivity index (χ4v) is 3.56. The van der Waals surface area contributed by atoms with Crippen molar-refractivity contribution < 1.29 is 0 Å². The average Bonchev–Trinajstić information content (AvgIpc) is 3.17. The first kappa shape index (κ1) is 14.6. The van der Waals surface area contributed by atoms with E-state index in [1.807, 2.05) is 12.1 Å². The van der Waals surface area contributed by atoms with Crippen LogP contribution in [0.25, 0.3) is 0 Å². The van der Waals surface area contributed by atoms with E-state index in [1.54, 1.807) is 11.3 Å². The van der Waals surface area contributed by atoms with E-state index in [2.05, 4.69) is 47.7 Å². The number of nitrogens with two attached hydrogens (primary N) is 1. The molecule has 2 N–H and O–H groups in total. The first-order valence-electron chi connectivity index (χ1n) is 7.66. The Labute approximate surface area is 131 Å². The van der Waals surface area contributed by atoms with Gasteiger partial charge in [-0.2, -0.15) is 11.3 Å². The fraction of sp³-hybridized carbons (Fsp3) is 0.444. The molecule has 1 aliphatic rings. The Balaban J connectivity index is 1.73. The smallest absolute Gasteiger partial charge is 0.0314 e. The molecule has 3 rings (SSSR count). The van der Waals surface area contributed by atoms with Gasteiger partial charge in [0.15, 0.2) is 0 Å². The number of anilines is 1. The van der Waals surface area contributed by atoms with Gasteiger partial charge >= 0.3 is 0 Å². The van der Waals surface area contributed by atoms with E-state index in [-0.39, 0.29) is 5.41 Å². The largest absolute Gasteiger partial charge is 0.399 e. The van der Waals surface area contributed by atoms with Crippen molar-refractivity contribution in [1.29, 1.82) is 0 Å². The van der Waals surface area contributed by atoms with Crippen LogP contribution in [0.3, 0.4) is 0 Å². The molecule has 0 bridgehead atoms. The lowest BCUT2D eigenvalue weighted by molar-refractivity contribution is 0.206. The van der Waals surface area contributed by atoms with Gasteiger partial charge in [0.25, 0.3) is 0 Å². The first-order chi connectivity index (χ1) is 10.0. The Morgan fingerprint density at radius 1 is 1.19 bits per heavy atom. The summed E-state index contributed by atoms with van der Waals surface area (Å²) in [5.41, 5.74) is 9.61. The van der Waals surface area contributed by atoms with Crippen molar-refractivity contribution in [2.45, 2.75) is 44.7 Å². The van der Waals surface area contributed by atoms with Crippen LogP contribution in [0.15, 0.2) is 41.1 Å². The second kappa shape index (κ2) is 5.82. The second-order valence-corrected chi connectivity index (χ2v) is 7.55. The quantitative estimate of drug-likeness (QED) is 0.807. The molecule has 0 radical (unpaired) electrons. The predicted molar refractivity (Wildman–Crippen MR) is 91.6 cm³/mol. The molecule has 0 saturated heterocycles. The summed E-state index contributed by atoms with van der Waals surface area (Å²) in [5.74, 6) is 0. The van der Waals surface area contributed by atoms with E-state index in [0.29, 0.717) is 0 Å². The van der Waals surface area contributed by atoms with Gasteiger partial charge in [0.2, 0.25) is 0 Å². The topological polar surface area (TPSA) is 29.3 Å². The summed E-state index contributed by atoms with van der Waals surface area (Å²) in [4.78, 5) is 2.65. The van der Waals surface area contributed by atoms with Gasteiger partial charge < -0.3 is 5.73 Å². The number of hydrogen-bond acceptors (Lipinski definition) is 3. The SMILES string of the molecule is CC(C)(CN(Cc1ccsc1)C1CC1)c1ccc(N)cc1. The summed E-state index contributed by atoms with van der Waals surface area (Å²) in [6, 6.07) is 11.4. The summed E-state index contributed by atoms with van der Waals surface area (Å²) in [6.07, 6.45) is 2.70. The number of nitrogens with zero attached hydrogens (tertiary/aromatic N) is 1. The Kier molecular flexibility index (Phi) is 4.05. The summed E-state index contributed by atoms with van der Waals surface area (Å²) < 4.78 is 0. The number of hydrogen-bond donors (Lipinski definition) is 1. The van der Waals surface area contributed by atoms with Gasteiger partial charge in [-0.1, -0.05) is 26.0 Å². The van der Waals surface area contributed by atoms with Crippen molar-refractivity contribution in [2.24, 2.45) is 0 Å². The third kappa shape index (κ3) is 3.66. The van der Waals surface area contributed by atoms with Crippen LogP contribution in [-0.2, 0) is 12.0 Å². The lowest BCUT2D eigenvalue weighted by Crippen LogP contribution is -2.38. The maximum atomic E-state index is 5.81. The summed E-state index contributed by atoms with van der Waals surface area (Å²) in [7, 11) is 0. The summed E-state index contributed by atoms with van der Waals surface area (Å²) in [5, 5.41) is 4.44. The molecular weight excluding hydrogens is 276 g/mol. The molecule has 2 nitrogen and oxygen atoms in total. The van der Waals surface area contributed by atoms with E-state index >= 15 is 0 Å². The van der Waals surface area contributed by atoms with Crippen molar-refractivity contribution in [1.82, 2.24) is 4.90 Å². The van der Waals surface area contributed by atoms with Gasteiger partial charge in [0.05, 0.1) is 0 Å². The molecule has 1 heterocycles. The van der Waals surface area contributed by atoms with Crippen molar-refractivity contribution in [2.75, 3.05) is 12.3 Å². The van der Waals surface area contributed by atoms with E-state index in [9.17, 15) is 0 Å². The monoisotopic (exact) mass is 300 g/mol. The Bertz CT molecular complexity index is 568. The van der Waals surface area contributed by atoms with E-state index < -0.39 is 0 Å². The Morgan fingerprint density at radius 3 is 2.48 bits per heavy atom. The second-order valence-electron chi connectivity index (χ2n) is 6.77. The van der Waals surface area contributed by atoms with Crippen LogP contribution in [-0.4, -0.2) is 17.5 Å². The van der Waals surface area contributed by atoms with E-state index in [1.165, 1.54) is 24.0 Å². The van der Waals surface area contributed by atoms with Crippen molar-refractivity contribution >= 4 is 17.0 Å². The number of thiophene rings is 1. The molecule has 0 unspecified atom stereocenters. The van der Waals surface area contributed by atoms with Gasteiger partial charge in [-0.25, -0.2) is 0 Å². The highest BCUT2D eigenvalue weighted by atomic mass is 32.1. The first-order valence-corrected chi connectivity index (χ1v) is 8.60. The van der Waals surface area contributed by atoms with Gasteiger partial charge in [0, 0.05) is 30.2 Å². The molecule has 2 aromatic rings. The molecule has 0 amide bonds. The van der Waals surface area contributed by atoms with Crippen LogP contribution >= 0.6 is 11.3 Å². The Hall–Kier alpha value is -1.32. The minimum Gasteiger partial charge on any atom is -0.399 e. The maximum Gasteiger partial charge on any atom is 0.0314 e. The molecule has 21 heavy (non-hydrogen) atoms. The van der Waals surface area contributed by atoms with Crippen molar-refractivity contribution in [3.8, 4) is 0 Å². The lowest BCUT2D eigenvalue weighted by atomic mass is 9.84. The fourth-order valence-electron chi connectivity index (χ4n) is 2.90. The van der Waals surface area contributed by atoms with Crippen LogP contribution in [0.4, 0.5) is 5.69 Å². The normalized spacial score (nSPS) is 15.6. The molecule has 0 spiro atoms. The molecular formula is C18H24N2S. The Morgan fingerprint density at radius 2 is 1.90 bits per heavy atom. The van der Waals surface area contributed by atoms with E-state index in [4.69, 9.17) is 5.73 Å². The van der Waals surface area contributed by atoms with Gasteiger partial charge in [-0.05, 0) is 52.9 Å². The van der Waals surface area contributed by atoms with Gasteiger partial charge in [-0.15, -0.1) is 0 Å². The van der Waals surface area contributed by atoms with Crippen molar-refractivity contribution in [3.63, 3.8) is 0 Å². The molecule has 1 aromatic heterocycles. The highest BCUT2D eigenvalue weighted by Crippen LogP contribution is 2.33. The molecule has 1 fully saturated rings. The van der Waals surface area contributed by atoms with Crippen molar-refractivity contribution in [3.05, 3.63) is 52.2 Å².